The van der Waals surface area contributed by atoms with E-state index in [0.29, 0.717) is 23.3 Å². The molecule has 0 bridgehead atoms. The number of benzene rings is 1. The van der Waals surface area contributed by atoms with Crippen LogP contribution in [0.3, 0.4) is 0 Å². The van der Waals surface area contributed by atoms with Crippen LogP contribution >= 0.6 is 11.6 Å². The van der Waals surface area contributed by atoms with Crippen molar-refractivity contribution in [1.82, 2.24) is 0 Å². The minimum Gasteiger partial charge on any atom is -0.492 e. The van der Waals surface area contributed by atoms with Crippen molar-refractivity contribution in [2.45, 2.75) is 24.2 Å². The van der Waals surface area contributed by atoms with Crippen LogP contribution in [-0.2, 0) is 11.1 Å². The summed E-state index contributed by atoms with van der Waals surface area (Å²) in [6.45, 7) is 0.617. The van der Waals surface area contributed by atoms with Gasteiger partial charge in [-0.25, -0.2) is 4.21 Å². The Bertz CT molecular complexity index is 404. The van der Waals surface area contributed by atoms with Crippen LogP contribution in [-0.4, -0.2) is 15.4 Å². The number of ether oxygens (including phenoxy) is 1. The number of rotatable bonds is 4. The van der Waals surface area contributed by atoms with E-state index in [2.05, 4.69) is 0 Å². The lowest BCUT2D eigenvalue weighted by molar-refractivity contribution is 0.177. The lowest BCUT2D eigenvalue weighted by Gasteiger charge is -2.25. The third-order valence-corrected chi connectivity index (χ3v) is 3.72. The Kier molecular flexibility index (Phi) is 3.84. The Hall–Kier alpha value is -0.580. The van der Waals surface area contributed by atoms with Crippen LogP contribution in [0.2, 0.25) is 5.02 Å². The SMILES string of the molecule is O=S(O)c1cc(Cl)ccc1OCC1CCC1. The summed E-state index contributed by atoms with van der Waals surface area (Å²) in [6, 6.07) is 4.77. The van der Waals surface area contributed by atoms with E-state index in [4.69, 9.17) is 20.9 Å². The number of hydrogen-bond acceptors (Lipinski definition) is 2. The second kappa shape index (κ2) is 5.17. The minimum absolute atomic E-state index is 0.242. The number of halogens is 1. The van der Waals surface area contributed by atoms with E-state index in [-0.39, 0.29) is 4.90 Å². The summed E-state index contributed by atoms with van der Waals surface area (Å²) in [4.78, 5) is 0.242. The van der Waals surface area contributed by atoms with Crippen molar-refractivity contribution < 1.29 is 13.5 Å². The molecule has 3 nitrogen and oxygen atoms in total. The Balaban J connectivity index is 2.08. The van der Waals surface area contributed by atoms with Crippen molar-refractivity contribution in [3.63, 3.8) is 0 Å². The Morgan fingerprint density at radius 2 is 2.25 bits per heavy atom. The molecule has 0 radical (unpaired) electrons. The summed E-state index contributed by atoms with van der Waals surface area (Å²) >= 11 is 3.70. The molecule has 1 aromatic carbocycles. The maximum atomic E-state index is 11.1. The van der Waals surface area contributed by atoms with E-state index < -0.39 is 11.1 Å². The maximum Gasteiger partial charge on any atom is 0.190 e. The molecule has 1 fully saturated rings. The van der Waals surface area contributed by atoms with Crippen LogP contribution in [0.5, 0.6) is 5.75 Å². The molecule has 0 heterocycles. The predicted octanol–water partition coefficient (Wildman–Crippen LogP) is 3.10. The lowest BCUT2D eigenvalue weighted by Crippen LogP contribution is -2.19. The van der Waals surface area contributed by atoms with Gasteiger partial charge < -0.3 is 9.29 Å². The van der Waals surface area contributed by atoms with Gasteiger partial charge >= 0.3 is 0 Å². The molecule has 1 atom stereocenters. The second-order valence-corrected chi connectivity index (χ2v) is 5.32. The van der Waals surface area contributed by atoms with Gasteiger partial charge in [0.2, 0.25) is 0 Å². The van der Waals surface area contributed by atoms with Crippen molar-refractivity contribution in [1.29, 1.82) is 0 Å². The normalized spacial score (nSPS) is 17.9. The van der Waals surface area contributed by atoms with Crippen molar-refractivity contribution in [2.24, 2.45) is 5.92 Å². The quantitative estimate of drug-likeness (QED) is 0.847. The zero-order chi connectivity index (χ0) is 11.5. The first kappa shape index (κ1) is 11.9. The summed E-state index contributed by atoms with van der Waals surface area (Å²) in [7, 11) is 0. The summed E-state index contributed by atoms with van der Waals surface area (Å²) < 4.78 is 25.7. The molecule has 5 heteroatoms. The summed E-state index contributed by atoms with van der Waals surface area (Å²) in [6.07, 6.45) is 3.63. The highest BCUT2D eigenvalue weighted by Gasteiger charge is 2.19. The fraction of sp³-hybridized carbons (Fsp3) is 0.455. The van der Waals surface area contributed by atoms with Gasteiger partial charge in [0.15, 0.2) is 11.1 Å². The zero-order valence-electron chi connectivity index (χ0n) is 8.69. The average Bonchev–Trinajstić information content (AvgIpc) is 2.17. The molecule has 2 rings (SSSR count). The first-order chi connectivity index (χ1) is 7.66. The molecule has 0 spiro atoms. The van der Waals surface area contributed by atoms with Crippen molar-refractivity contribution in [3.8, 4) is 5.75 Å². The van der Waals surface area contributed by atoms with Gasteiger partial charge in [-0.2, -0.15) is 0 Å². The van der Waals surface area contributed by atoms with Crippen LogP contribution in [0.25, 0.3) is 0 Å². The fourth-order valence-electron chi connectivity index (χ4n) is 1.60. The van der Waals surface area contributed by atoms with E-state index >= 15 is 0 Å². The molecule has 1 unspecified atom stereocenters. The van der Waals surface area contributed by atoms with Crippen molar-refractivity contribution in [2.75, 3.05) is 6.61 Å². The molecule has 0 aliphatic heterocycles. The van der Waals surface area contributed by atoms with E-state index in [1.165, 1.54) is 25.3 Å². The van der Waals surface area contributed by atoms with E-state index in [1.807, 2.05) is 0 Å². The molecule has 1 aliphatic rings. The minimum atomic E-state index is -2.06. The van der Waals surface area contributed by atoms with Gasteiger partial charge in [-0.05, 0) is 37.0 Å². The summed E-state index contributed by atoms with van der Waals surface area (Å²) in [5, 5.41) is 0.438. The predicted molar refractivity (Wildman–Crippen MR) is 63.3 cm³/mol. The zero-order valence-corrected chi connectivity index (χ0v) is 10.3. The van der Waals surface area contributed by atoms with Gasteiger partial charge in [0, 0.05) is 5.02 Å². The van der Waals surface area contributed by atoms with E-state index in [0.717, 1.165) is 0 Å². The van der Waals surface area contributed by atoms with Crippen LogP contribution in [0, 0.1) is 5.92 Å². The van der Waals surface area contributed by atoms with Crippen LogP contribution in [0.15, 0.2) is 23.1 Å². The molecule has 1 aliphatic carbocycles. The number of hydrogen-bond donors (Lipinski definition) is 1. The van der Waals surface area contributed by atoms with E-state index in [9.17, 15) is 4.21 Å². The average molecular weight is 261 g/mol. The fourth-order valence-corrected chi connectivity index (χ4v) is 2.37. The Morgan fingerprint density at radius 3 is 2.81 bits per heavy atom. The molecule has 1 aromatic rings. The monoisotopic (exact) mass is 260 g/mol. The third-order valence-electron chi connectivity index (χ3n) is 2.79. The topological polar surface area (TPSA) is 46.5 Å². The smallest absolute Gasteiger partial charge is 0.190 e. The first-order valence-corrected chi connectivity index (χ1v) is 6.68. The van der Waals surface area contributed by atoms with Crippen molar-refractivity contribution >= 4 is 22.7 Å². The molecular formula is C11H13ClO3S. The Labute approximate surface area is 102 Å². The molecule has 1 N–H and O–H groups in total. The first-order valence-electron chi connectivity index (χ1n) is 5.20. The standard InChI is InChI=1S/C11H13ClO3S/c12-9-4-5-10(11(6-9)16(13)14)15-7-8-2-1-3-8/h4-6,8H,1-3,7H2,(H,13,14). The molecule has 0 aromatic heterocycles. The van der Waals surface area contributed by atoms with Gasteiger partial charge in [-0.3, -0.25) is 0 Å². The molecule has 0 saturated heterocycles. The molecule has 1 saturated carbocycles. The van der Waals surface area contributed by atoms with Gasteiger partial charge in [0.25, 0.3) is 0 Å². The van der Waals surface area contributed by atoms with Gasteiger partial charge in [-0.15, -0.1) is 0 Å². The van der Waals surface area contributed by atoms with Crippen LogP contribution in [0.4, 0.5) is 0 Å². The molecule has 0 amide bonds. The highest BCUT2D eigenvalue weighted by molar-refractivity contribution is 7.79. The molecule has 88 valence electrons. The summed E-state index contributed by atoms with van der Waals surface area (Å²) in [5.74, 6) is 1.05. The maximum absolute atomic E-state index is 11.1. The van der Waals surface area contributed by atoms with Crippen molar-refractivity contribution in [3.05, 3.63) is 23.2 Å². The molecule has 16 heavy (non-hydrogen) atoms. The second-order valence-electron chi connectivity index (χ2n) is 3.95. The lowest BCUT2D eigenvalue weighted by atomic mass is 9.86. The van der Waals surface area contributed by atoms with Gasteiger partial charge in [0.05, 0.1) is 6.61 Å². The highest BCUT2D eigenvalue weighted by Crippen LogP contribution is 2.30. The summed E-state index contributed by atoms with van der Waals surface area (Å²) in [5.41, 5.74) is 0. The van der Waals surface area contributed by atoms with Crippen LogP contribution < -0.4 is 4.74 Å². The van der Waals surface area contributed by atoms with E-state index in [1.54, 1.807) is 12.1 Å². The highest BCUT2D eigenvalue weighted by atomic mass is 35.5. The Morgan fingerprint density at radius 1 is 1.50 bits per heavy atom. The van der Waals surface area contributed by atoms with Crippen LogP contribution in [0.1, 0.15) is 19.3 Å². The third kappa shape index (κ3) is 2.75. The van der Waals surface area contributed by atoms with Gasteiger partial charge in [-0.1, -0.05) is 18.0 Å². The van der Waals surface area contributed by atoms with Gasteiger partial charge in [0.1, 0.15) is 10.6 Å². The molecular weight excluding hydrogens is 248 g/mol. The largest absolute Gasteiger partial charge is 0.492 e.